The molecule has 2 nitrogen and oxygen atoms in total. The SMILES string of the molecule is OC(CNC1CC1)C1=CCCCCC1. The van der Waals surface area contributed by atoms with Gasteiger partial charge in [0.25, 0.3) is 0 Å². The summed E-state index contributed by atoms with van der Waals surface area (Å²) in [6.07, 6.45) is 10.8. The third-order valence-corrected chi connectivity index (χ3v) is 3.18. The zero-order chi connectivity index (χ0) is 9.80. The van der Waals surface area contributed by atoms with E-state index in [9.17, 15) is 5.11 Å². The maximum absolute atomic E-state index is 9.94. The van der Waals surface area contributed by atoms with E-state index in [1.807, 2.05) is 0 Å². The van der Waals surface area contributed by atoms with Gasteiger partial charge in [-0.3, -0.25) is 0 Å². The Morgan fingerprint density at radius 3 is 3.00 bits per heavy atom. The number of rotatable bonds is 4. The topological polar surface area (TPSA) is 32.3 Å². The second kappa shape index (κ2) is 4.94. The Hall–Kier alpha value is -0.340. The van der Waals surface area contributed by atoms with Crippen molar-refractivity contribution in [1.82, 2.24) is 5.32 Å². The van der Waals surface area contributed by atoms with Crippen LogP contribution in [0.5, 0.6) is 0 Å². The van der Waals surface area contributed by atoms with E-state index in [-0.39, 0.29) is 6.10 Å². The van der Waals surface area contributed by atoms with Crippen LogP contribution in [0.15, 0.2) is 11.6 Å². The summed E-state index contributed by atoms with van der Waals surface area (Å²) in [5.74, 6) is 0. The molecule has 2 rings (SSSR count). The predicted octanol–water partition coefficient (Wildman–Crippen LogP) is 1.99. The normalized spacial score (nSPS) is 25.4. The molecule has 2 aliphatic rings. The average Bonchev–Trinajstić information content (AvgIpc) is 3.01. The minimum atomic E-state index is -0.228. The van der Waals surface area contributed by atoms with Crippen molar-refractivity contribution in [3.05, 3.63) is 11.6 Å². The first-order valence-corrected chi connectivity index (χ1v) is 5.96. The zero-order valence-electron chi connectivity index (χ0n) is 8.84. The second-order valence-electron chi connectivity index (χ2n) is 4.58. The highest BCUT2D eigenvalue weighted by molar-refractivity contribution is 5.10. The minimum absolute atomic E-state index is 0.228. The molecule has 0 heterocycles. The Balaban J connectivity index is 1.75. The van der Waals surface area contributed by atoms with Crippen LogP contribution in [0.25, 0.3) is 0 Å². The van der Waals surface area contributed by atoms with Gasteiger partial charge in [-0.15, -0.1) is 0 Å². The lowest BCUT2D eigenvalue weighted by Crippen LogP contribution is -2.29. The third kappa shape index (κ3) is 3.10. The van der Waals surface area contributed by atoms with E-state index in [1.165, 1.54) is 37.7 Å². The monoisotopic (exact) mass is 195 g/mol. The zero-order valence-corrected chi connectivity index (χ0v) is 8.84. The lowest BCUT2D eigenvalue weighted by atomic mass is 10.0. The fourth-order valence-electron chi connectivity index (χ4n) is 2.04. The molecule has 0 spiro atoms. The van der Waals surface area contributed by atoms with Crippen LogP contribution >= 0.6 is 0 Å². The number of hydrogen-bond donors (Lipinski definition) is 2. The highest BCUT2D eigenvalue weighted by Crippen LogP contribution is 2.21. The molecule has 0 amide bonds. The van der Waals surface area contributed by atoms with Gasteiger partial charge in [-0.25, -0.2) is 0 Å². The molecule has 14 heavy (non-hydrogen) atoms. The summed E-state index contributed by atoms with van der Waals surface area (Å²) in [6.45, 7) is 0.760. The molecular weight excluding hydrogens is 174 g/mol. The molecule has 0 aliphatic heterocycles. The first-order chi connectivity index (χ1) is 6.86. The molecule has 1 unspecified atom stereocenters. The molecule has 2 heteroatoms. The Bertz CT molecular complexity index is 208. The first-order valence-electron chi connectivity index (χ1n) is 5.96. The minimum Gasteiger partial charge on any atom is -0.387 e. The van der Waals surface area contributed by atoms with Crippen molar-refractivity contribution >= 4 is 0 Å². The fourth-order valence-corrected chi connectivity index (χ4v) is 2.04. The quantitative estimate of drug-likeness (QED) is 0.672. The summed E-state index contributed by atoms with van der Waals surface area (Å²) in [5, 5.41) is 13.3. The van der Waals surface area contributed by atoms with Crippen molar-refractivity contribution in [2.45, 2.75) is 57.1 Å². The molecule has 0 bridgehead atoms. The molecule has 2 aliphatic carbocycles. The van der Waals surface area contributed by atoms with Gasteiger partial charge in [0.15, 0.2) is 0 Å². The van der Waals surface area contributed by atoms with Crippen LogP contribution in [0.2, 0.25) is 0 Å². The van der Waals surface area contributed by atoms with Gasteiger partial charge in [0.05, 0.1) is 6.10 Å². The van der Waals surface area contributed by atoms with Crippen LogP contribution < -0.4 is 5.32 Å². The van der Waals surface area contributed by atoms with Crippen molar-refractivity contribution in [1.29, 1.82) is 0 Å². The molecule has 0 aromatic rings. The van der Waals surface area contributed by atoms with Crippen LogP contribution in [-0.4, -0.2) is 23.8 Å². The Labute approximate surface area is 86.4 Å². The second-order valence-corrected chi connectivity index (χ2v) is 4.58. The van der Waals surface area contributed by atoms with E-state index in [0.717, 1.165) is 19.4 Å². The summed E-state index contributed by atoms with van der Waals surface area (Å²) in [6, 6.07) is 0.705. The summed E-state index contributed by atoms with van der Waals surface area (Å²) in [7, 11) is 0. The van der Waals surface area contributed by atoms with Crippen molar-refractivity contribution < 1.29 is 5.11 Å². The Morgan fingerprint density at radius 2 is 2.21 bits per heavy atom. The van der Waals surface area contributed by atoms with Gasteiger partial charge in [0.2, 0.25) is 0 Å². The highest BCUT2D eigenvalue weighted by Gasteiger charge is 2.22. The van der Waals surface area contributed by atoms with Gasteiger partial charge in [-0.2, -0.15) is 0 Å². The van der Waals surface area contributed by atoms with E-state index >= 15 is 0 Å². The van der Waals surface area contributed by atoms with Crippen LogP contribution in [0.1, 0.15) is 44.9 Å². The summed E-state index contributed by atoms with van der Waals surface area (Å²) in [4.78, 5) is 0. The number of hydrogen-bond acceptors (Lipinski definition) is 2. The molecule has 0 aromatic heterocycles. The van der Waals surface area contributed by atoms with Crippen LogP contribution in [0.3, 0.4) is 0 Å². The van der Waals surface area contributed by atoms with Gasteiger partial charge in [-0.05, 0) is 44.1 Å². The lowest BCUT2D eigenvalue weighted by molar-refractivity contribution is 0.201. The Morgan fingerprint density at radius 1 is 1.36 bits per heavy atom. The van der Waals surface area contributed by atoms with Crippen LogP contribution in [0, 0.1) is 0 Å². The number of aliphatic hydroxyl groups is 1. The molecule has 80 valence electrons. The maximum Gasteiger partial charge on any atom is 0.0874 e. The van der Waals surface area contributed by atoms with Crippen LogP contribution in [-0.2, 0) is 0 Å². The van der Waals surface area contributed by atoms with Crippen molar-refractivity contribution in [3.63, 3.8) is 0 Å². The molecule has 1 atom stereocenters. The van der Waals surface area contributed by atoms with Crippen molar-refractivity contribution in [3.8, 4) is 0 Å². The van der Waals surface area contributed by atoms with Gasteiger partial charge in [0, 0.05) is 12.6 Å². The van der Waals surface area contributed by atoms with E-state index in [4.69, 9.17) is 0 Å². The third-order valence-electron chi connectivity index (χ3n) is 3.18. The largest absolute Gasteiger partial charge is 0.387 e. The molecule has 0 saturated heterocycles. The molecule has 1 fully saturated rings. The predicted molar refractivity (Wildman–Crippen MR) is 58.2 cm³/mol. The van der Waals surface area contributed by atoms with Gasteiger partial charge < -0.3 is 10.4 Å². The fraction of sp³-hybridized carbons (Fsp3) is 0.833. The number of nitrogens with one attached hydrogen (secondary N) is 1. The van der Waals surface area contributed by atoms with E-state index in [1.54, 1.807) is 0 Å². The number of aliphatic hydroxyl groups excluding tert-OH is 1. The van der Waals surface area contributed by atoms with Gasteiger partial charge in [0.1, 0.15) is 0 Å². The Kier molecular flexibility index (Phi) is 3.60. The smallest absolute Gasteiger partial charge is 0.0874 e. The van der Waals surface area contributed by atoms with Gasteiger partial charge >= 0.3 is 0 Å². The summed E-state index contributed by atoms with van der Waals surface area (Å²) >= 11 is 0. The highest BCUT2D eigenvalue weighted by atomic mass is 16.3. The maximum atomic E-state index is 9.94. The van der Waals surface area contributed by atoms with Gasteiger partial charge in [-0.1, -0.05) is 12.5 Å². The molecule has 0 aromatic carbocycles. The lowest BCUT2D eigenvalue weighted by Gasteiger charge is -2.14. The standard InChI is InChI=1S/C12H21NO/c14-12(9-13-11-7-8-11)10-5-3-1-2-4-6-10/h5,11-14H,1-4,6-9H2. The van der Waals surface area contributed by atoms with Crippen molar-refractivity contribution in [2.75, 3.05) is 6.54 Å². The molecule has 1 saturated carbocycles. The first kappa shape index (κ1) is 10.2. The van der Waals surface area contributed by atoms with E-state index < -0.39 is 0 Å². The number of allylic oxidation sites excluding steroid dienone is 1. The summed E-state index contributed by atoms with van der Waals surface area (Å²) in [5.41, 5.74) is 1.27. The average molecular weight is 195 g/mol. The molecule has 0 radical (unpaired) electrons. The summed E-state index contributed by atoms with van der Waals surface area (Å²) < 4.78 is 0. The van der Waals surface area contributed by atoms with Crippen molar-refractivity contribution in [2.24, 2.45) is 0 Å². The molecular formula is C12H21NO. The van der Waals surface area contributed by atoms with Crippen LogP contribution in [0.4, 0.5) is 0 Å². The molecule has 2 N–H and O–H groups in total. The van der Waals surface area contributed by atoms with E-state index in [0.29, 0.717) is 6.04 Å². The van der Waals surface area contributed by atoms with E-state index in [2.05, 4.69) is 11.4 Å².